The Morgan fingerprint density at radius 3 is 1.54 bits per heavy atom. The number of nitrogen functional groups attached to an aromatic ring is 1. The van der Waals surface area contributed by atoms with Gasteiger partial charge in [-0.3, -0.25) is 14.4 Å². The van der Waals surface area contributed by atoms with Crippen molar-refractivity contribution in [3.8, 4) is 28.7 Å². The number of nitrogens with two attached hydrogens (primary N) is 1. The molecule has 0 unspecified atom stereocenters. The van der Waals surface area contributed by atoms with Gasteiger partial charge in [0.05, 0.1) is 102 Å². The van der Waals surface area contributed by atoms with Crippen molar-refractivity contribution >= 4 is 126 Å². The molecule has 8 N–H and O–H groups in total. The topological polar surface area (TPSA) is 389 Å². The van der Waals surface area contributed by atoms with Crippen LogP contribution in [0.5, 0.6) is 5.88 Å². The van der Waals surface area contributed by atoms with Gasteiger partial charge in [0.1, 0.15) is 17.6 Å². The standard InChI is InChI=1S/C16H11F2N5O.C15H12ClN5O.C15H11N5O.C10H11N3.C5H3ClN2O2.C4H8O2.C2HClF2O2.C2H6O.CH4.Na/c1-19-10-2-5-12-13(7-10)23(11-3-4-11)15(21-12)9-6-14(22-20-8-9)24-16(17)18;1-17-11-4-5-12(13(7-11)19-10-2-3-10)20-15(22)9-6-14(16)21-18-8-9;1-16-10-2-5-12-13(7-10)20(11-3-4-11)15(18-12)9-6-14(21)19-17-8-9;1-12-8-4-5-9(11)10(6-8)13-7-2-3-7;6-4-1-3(5(9)10)2-7-8-4;1-3-6-4(2)5;3-2(4,5)1(6)7;1-2-3;;/h2,5-8,11,16H,3-4H2;4-8,10,19H,2-3H2,(H,20,22);2,5-8,11H,3-4H2,(H,19,21);4-7,13H,2-3,11H2;1-2H,(H,9,10);3H2,1-2H3;(H,6,7);3H,2H2,1H3;1H4;/q;;;;;;;;;+1/p-1. The molecule has 108 heavy (non-hydrogen) atoms. The average molecular weight is 1550 g/mol. The Morgan fingerprint density at radius 2 is 1.12 bits per heavy atom. The number of carboxylic acids is 2. The number of imidazole rings is 2. The number of H-pyrrole nitrogens is 1. The van der Waals surface area contributed by atoms with Crippen molar-refractivity contribution in [1.82, 2.24) is 59.9 Å². The zero-order chi connectivity index (χ0) is 77.2. The molecule has 0 spiro atoms. The van der Waals surface area contributed by atoms with Crippen LogP contribution in [0.2, 0.25) is 10.3 Å². The van der Waals surface area contributed by atoms with Gasteiger partial charge in [0, 0.05) is 72.3 Å². The summed E-state index contributed by atoms with van der Waals surface area (Å²) >= 11 is 15.0. The number of carboxylic acid groups (broad SMARTS) is 2. The van der Waals surface area contributed by atoms with E-state index in [1.807, 2.05) is 16.7 Å². The number of nitrogens with zero attached hydrogens (tertiary/aromatic N) is 15. The molecule has 4 aromatic carbocycles. The van der Waals surface area contributed by atoms with Crippen molar-refractivity contribution in [2.24, 2.45) is 0 Å². The van der Waals surface area contributed by atoms with Gasteiger partial charge in [-0.05, 0) is 137 Å². The first-order valence-electron chi connectivity index (χ1n) is 31.7. The summed E-state index contributed by atoms with van der Waals surface area (Å²) in [6, 6.07) is 28.4. The molecule has 30 nitrogen and oxygen atoms in total. The van der Waals surface area contributed by atoms with E-state index in [2.05, 4.69) is 112 Å². The van der Waals surface area contributed by atoms with Crippen LogP contribution in [0.4, 0.5) is 63.1 Å². The number of fused-ring (bicyclic) bond motifs is 2. The van der Waals surface area contributed by atoms with Crippen molar-refractivity contribution in [1.29, 1.82) is 0 Å². The van der Waals surface area contributed by atoms with Crippen LogP contribution in [0.1, 0.15) is 112 Å². The second kappa shape index (κ2) is 42.0. The molecule has 38 heteroatoms. The first-order valence-corrected chi connectivity index (χ1v) is 32.8. The van der Waals surface area contributed by atoms with Gasteiger partial charge in [-0.25, -0.2) is 39.2 Å². The van der Waals surface area contributed by atoms with E-state index in [1.165, 1.54) is 56.4 Å². The zero-order valence-electron chi connectivity index (χ0n) is 57.1. The van der Waals surface area contributed by atoms with Gasteiger partial charge in [-0.1, -0.05) is 54.9 Å². The second-order valence-electron chi connectivity index (χ2n) is 22.5. The number of hydrogen-bond acceptors (Lipinski definition) is 21. The van der Waals surface area contributed by atoms with Gasteiger partial charge < -0.3 is 60.4 Å². The van der Waals surface area contributed by atoms with E-state index in [4.69, 9.17) is 75.3 Å². The minimum Gasteiger partial charge on any atom is -0.543 e. The summed E-state index contributed by atoms with van der Waals surface area (Å²) < 4.78 is 59.5. The summed E-state index contributed by atoms with van der Waals surface area (Å²) in [7, 11) is 0. The Labute approximate surface area is 651 Å². The Bertz CT molecular complexity index is 5010. The molecule has 4 aliphatic rings. The molecule has 0 radical (unpaired) electrons. The molecule has 0 bridgehead atoms. The van der Waals surface area contributed by atoms with E-state index in [0.717, 1.165) is 89.7 Å². The largest absolute Gasteiger partial charge is 1.00 e. The van der Waals surface area contributed by atoms with Crippen molar-refractivity contribution in [3.63, 3.8) is 0 Å². The maximum absolute atomic E-state index is 12.4. The summed E-state index contributed by atoms with van der Waals surface area (Å²) in [5.74, 6) is -3.06. The molecule has 0 atom stereocenters. The molecule has 14 rings (SSSR count). The fourth-order valence-corrected chi connectivity index (χ4v) is 9.34. The molecule has 4 saturated carbocycles. The first-order chi connectivity index (χ1) is 50.7. The number of anilines is 4. The number of aromatic carboxylic acids is 1. The molecule has 4 fully saturated rings. The summed E-state index contributed by atoms with van der Waals surface area (Å²) in [5.41, 5.74) is 15.8. The summed E-state index contributed by atoms with van der Waals surface area (Å²) in [4.78, 5) is 75.7. The summed E-state index contributed by atoms with van der Waals surface area (Å²) in [6.45, 7) is 30.9. The van der Waals surface area contributed by atoms with E-state index in [9.17, 15) is 36.7 Å². The minimum absolute atomic E-state index is 0. The molecule has 4 aliphatic carbocycles. The van der Waals surface area contributed by atoms with E-state index in [0.29, 0.717) is 81.7 Å². The zero-order valence-corrected chi connectivity index (χ0v) is 61.4. The number of alkyl halides is 5. The molecular formula is C70H66Cl3F4N20NaO10. The number of carbonyl (C=O) groups excluding carboxylic acids is 3. The fraction of sp³-hybridized carbons (Fsp3) is 0.286. The van der Waals surface area contributed by atoms with Crippen LogP contribution in [-0.4, -0.2) is 131 Å². The SMILES string of the molecule is C.CCO.CCOC(C)=O.O=C(O)c1cnnc(Cl)c1.O=C([O-])C(F)(F)Cl.[C-]#[N+]c1ccc(N)c(NC2CC2)c1.[C-]#[N+]c1ccc(NC(=O)c2cnnc(Cl)c2)c(NC2CC2)c1.[C-]#[N+]c1ccc2nc(-c3cn[nH]c(=O)c3)n(C3CC3)c2c1.[C-]#[N+]c1ccc2nc(-c3cnnc(OC(F)F)c3)n(C3CC3)c2c1.[Na+]. The molecule has 10 aromatic rings. The van der Waals surface area contributed by atoms with Crippen LogP contribution in [0.3, 0.4) is 0 Å². The number of esters is 1. The number of aliphatic hydroxyl groups is 1. The van der Waals surface area contributed by atoms with E-state index in [-0.39, 0.29) is 82.8 Å². The van der Waals surface area contributed by atoms with Crippen molar-refractivity contribution < 1.29 is 91.1 Å². The maximum Gasteiger partial charge on any atom is 1.00 e. The maximum atomic E-state index is 12.4. The predicted octanol–water partition coefficient (Wildman–Crippen LogP) is 11.2. The van der Waals surface area contributed by atoms with E-state index < -0.39 is 23.9 Å². The number of carbonyl (C=O) groups is 4. The number of nitrogens with one attached hydrogen (secondary N) is 4. The first kappa shape index (κ1) is 87.2. The Balaban J connectivity index is 0.000000234. The van der Waals surface area contributed by atoms with Crippen molar-refractivity contribution in [2.45, 2.75) is 116 Å². The van der Waals surface area contributed by atoms with Crippen LogP contribution in [0, 0.1) is 26.3 Å². The third kappa shape index (κ3) is 27.5. The molecule has 6 aromatic heterocycles. The Hall–Kier alpha value is -11.5. The van der Waals surface area contributed by atoms with Gasteiger partial charge >= 0.3 is 53.5 Å². The molecule has 6 heterocycles. The van der Waals surface area contributed by atoms with Gasteiger partial charge in [-0.15, -0.1) is 15.3 Å². The Kier molecular flexibility index (Phi) is 33.9. The summed E-state index contributed by atoms with van der Waals surface area (Å²) in [5, 5.41) is 57.9. The molecular weight excluding hydrogens is 1490 g/mol. The molecule has 0 aliphatic heterocycles. The molecule has 0 saturated heterocycles. The van der Waals surface area contributed by atoms with Gasteiger partial charge in [0.25, 0.3) is 11.5 Å². The number of hydrogen-bond donors (Lipinski definition) is 7. The predicted molar refractivity (Wildman–Crippen MR) is 390 cm³/mol. The molecule has 1 amide bonds. The number of halogens is 7. The smallest absolute Gasteiger partial charge is 0.543 e. The number of aliphatic hydroxyl groups excluding tert-OH is 1. The monoisotopic (exact) mass is 1550 g/mol. The van der Waals surface area contributed by atoms with Crippen LogP contribution in [0.15, 0.2) is 127 Å². The number of ether oxygens (including phenoxy) is 2. The van der Waals surface area contributed by atoms with Crippen LogP contribution in [-0.2, 0) is 14.3 Å². The number of aromatic nitrogens is 12. The minimum atomic E-state index is -4.22. The average Bonchev–Trinajstić information content (AvgIpc) is 1.61. The van der Waals surface area contributed by atoms with Crippen molar-refractivity contribution in [3.05, 3.63) is 199 Å². The van der Waals surface area contributed by atoms with Crippen LogP contribution >= 0.6 is 34.8 Å². The second-order valence-corrected chi connectivity index (χ2v) is 23.8. The van der Waals surface area contributed by atoms with E-state index in [1.54, 1.807) is 80.7 Å². The van der Waals surface area contributed by atoms with E-state index >= 15 is 0 Å². The Morgan fingerprint density at radius 1 is 0.676 bits per heavy atom. The quantitative estimate of drug-likeness (QED) is 0.0125. The number of benzene rings is 4. The van der Waals surface area contributed by atoms with Crippen LogP contribution < -0.4 is 66.6 Å². The number of aliphatic carboxylic acids is 1. The number of amides is 1. The normalized spacial score (nSPS) is 12.6. The summed E-state index contributed by atoms with van der Waals surface area (Å²) in [6.07, 6.45) is 14.4. The number of aromatic amines is 1. The van der Waals surface area contributed by atoms with Gasteiger partial charge in [0.2, 0.25) is 5.88 Å². The fourth-order valence-electron chi connectivity index (χ4n) is 9.02. The van der Waals surface area contributed by atoms with Gasteiger partial charge in [0.15, 0.2) is 33.1 Å². The molecule has 556 valence electrons. The van der Waals surface area contributed by atoms with Gasteiger partial charge in [-0.2, -0.15) is 38.0 Å². The third-order valence-corrected chi connectivity index (χ3v) is 14.7. The third-order valence-electron chi connectivity index (χ3n) is 14.2. The number of rotatable bonds is 15. The van der Waals surface area contributed by atoms with Crippen molar-refractivity contribution in [2.75, 3.05) is 34.9 Å². The van der Waals surface area contributed by atoms with Crippen LogP contribution in [0.25, 0.3) is 64.2 Å².